The van der Waals surface area contributed by atoms with E-state index in [9.17, 15) is 0 Å². The van der Waals surface area contributed by atoms with E-state index in [4.69, 9.17) is 23.2 Å². The molecule has 0 bridgehead atoms. The van der Waals surface area contributed by atoms with E-state index in [1.807, 2.05) is 13.8 Å². The first-order chi connectivity index (χ1) is 4.13. The van der Waals surface area contributed by atoms with Crippen molar-refractivity contribution in [3.63, 3.8) is 0 Å². The summed E-state index contributed by atoms with van der Waals surface area (Å²) in [5.41, 5.74) is 0. The van der Waals surface area contributed by atoms with E-state index < -0.39 is 0 Å². The normalized spacial score (nSPS) is 17.3. The van der Waals surface area contributed by atoms with Crippen LogP contribution >= 0.6 is 23.2 Å². The van der Waals surface area contributed by atoms with Gasteiger partial charge in [-0.2, -0.15) is 0 Å². The monoisotopic (exact) mass is 284 g/mol. The molecule has 0 aliphatic heterocycles. The van der Waals surface area contributed by atoms with Gasteiger partial charge in [0.2, 0.25) is 0 Å². The quantitative estimate of drug-likeness (QED) is 0.549. The van der Waals surface area contributed by atoms with Crippen molar-refractivity contribution < 1.29 is 0 Å². The summed E-state index contributed by atoms with van der Waals surface area (Å²) < 4.78 is 2.42. The molecule has 0 rings (SSSR count). The van der Waals surface area contributed by atoms with Gasteiger partial charge in [0.15, 0.2) is 0 Å². The van der Waals surface area contributed by atoms with Crippen molar-refractivity contribution in [1.82, 2.24) is 0 Å². The average molecular weight is 283 g/mol. The van der Waals surface area contributed by atoms with Gasteiger partial charge in [-0.1, -0.05) is 0 Å². The Bertz CT molecular complexity index is 56.1. The molecule has 2 unspecified atom stereocenters. The summed E-state index contributed by atoms with van der Waals surface area (Å²) in [6.07, 6.45) is 0. The maximum absolute atomic E-state index is 5.75. The summed E-state index contributed by atoms with van der Waals surface area (Å²) in [5, 5.41) is 0.727. The minimum atomic E-state index is 0.123. The first-order valence-electron chi connectivity index (χ1n) is 2.98. The second-order valence-electron chi connectivity index (χ2n) is 2.10. The molecule has 0 heterocycles. The molecule has 3 heteroatoms. The van der Waals surface area contributed by atoms with Gasteiger partial charge in [0.05, 0.1) is 0 Å². The molecule has 0 saturated carbocycles. The predicted molar refractivity (Wildman–Crippen MR) is 46.0 cm³/mol. The number of hydrogen-bond donors (Lipinski definition) is 0. The van der Waals surface area contributed by atoms with E-state index in [-0.39, 0.29) is 20.9 Å². The van der Waals surface area contributed by atoms with Crippen LogP contribution in [0.5, 0.6) is 0 Å². The van der Waals surface area contributed by atoms with Gasteiger partial charge in [0.1, 0.15) is 0 Å². The summed E-state index contributed by atoms with van der Waals surface area (Å²) in [4.78, 5) is 0. The van der Waals surface area contributed by atoms with Crippen molar-refractivity contribution in [2.75, 3.05) is 0 Å². The fourth-order valence-electron chi connectivity index (χ4n) is 0.393. The molecule has 0 nitrogen and oxygen atoms in total. The van der Waals surface area contributed by atoms with Crippen LogP contribution in [0.2, 0.25) is 8.94 Å². The number of alkyl halides is 2. The van der Waals surface area contributed by atoms with Gasteiger partial charge in [-0.3, -0.25) is 0 Å². The molecule has 0 saturated heterocycles. The molecule has 0 aliphatic carbocycles. The Morgan fingerprint density at radius 1 is 1.11 bits per heavy atom. The molecule has 0 aromatic heterocycles. The van der Waals surface area contributed by atoms with Crippen LogP contribution in [0.3, 0.4) is 0 Å². The zero-order valence-corrected chi connectivity index (χ0v) is 9.58. The van der Waals surface area contributed by atoms with Crippen LogP contribution in [0, 0.1) is 0 Å². The third-order valence-electron chi connectivity index (χ3n) is 0.695. The third-order valence-corrected chi connectivity index (χ3v) is 6.35. The van der Waals surface area contributed by atoms with Crippen LogP contribution in [-0.4, -0.2) is 31.7 Å². The van der Waals surface area contributed by atoms with Gasteiger partial charge in [0.25, 0.3) is 0 Å². The molecule has 56 valence electrons. The molecule has 0 aliphatic rings. The predicted octanol–water partition coefficient (Wildman–Crippen LogP) is 2.78. The summed E-state index contributed by atoms with van der Waals surface area (Å²) in [5.74, 6) is 0. The topological polar surface area (TPSA) is 0 Å². The van der Waals surface area contributed by atoms with Crippen molar-refractivity contribution in [1.29, 1.82) is 0 Å². The molecule has 0 amide bonds. The van der Waals surface area contributed by atoms with E-state index in [0.29, 0.717) is 10.8 Å². The van der Waals surface area contributed by atoms with Crippen LogP contribution in [0.1, 0.15) is 13.8 Å². The molecule has 0 aromatic rings. The molecule has 0 spiro atoms. The summed E-state index contributed by atoms with van der Waals surface area (Å²) in [6.45, 7) is 4.09. The molecular weight excluding hydrogens is 271 g/mol. The molecule has 0 radical (unpaired) electrons. The van der Waals surface area contributed by atoms with Gasteiger partial charge < -0.3 is 0 Å². The summed E-state index contributed by atoms with van der Waals surface area (Å²) >= 11 is 11.6. The zero-order valence-electron chi connectivity index (χ0n) is 5.73. The van der Waals surface area contributed by atoms with Crippen molar-refractivity contribution in [2.45, 2.75) is 33.5 Å². The van der Waals surface area contributed by atoms with Gasteiger partial charge in [-0.05, 0) is 0 Å². The number of rotatable bonds is 4. The Labute approximate surface area is 77.4 Å². The standard InChI is InChI=1S/C6H12Cl2Te/c1-5(7)3-9-4-6(2)8/h5-6H,3-4H2,1-2H3. The van der Waals surface area contributed by atoms with Gasteiger partial charge >= 0.3 is 77.7 Å². The summed E-state index contributed by atoms with van der Waals surface area (Å²) in [7, 11) is 0. The van der Waals surface area contributed by atoms with Gasteiger partial charge in [-0.15, -0.1) is 0 Å². The Hall–Kier alpha value is 1.37. The summed E-state index contributed by atoms with van der Waals surface area (Å²) in [6, 6.07) is 0. The van der Waals surface area contributed by atoms with E-state index in [1.165, 1.54) is 8.94 Å². The first-order valence-corrected chi connectivity index (χ1v) is 7.15. The first kappa shape index (κ1) is 10.4. The van der Waals surface area contributed by atoms with Crippen molar-refractivity contribution in [3.05, 3.63) is 0 Å². The van der Waals surface area contributed by atoms with E-state index in [0.717, 1.165) is 0 Å². The maximum atomic E-state index is 5.75. The Morgan fingerprint density at radius 2 is 1.44 bits per heavy atom. The van der Waals surface area contributed by atoms with Crippen LogP contribution < -0.4 is 0 Å². The van der Waals surface area contributed by atoms with Crippen molar-refractivity contribution in [2.24, 2.45) is 0 Å². The Balaban J connectivity index is 2.91. The fourth-order valence-corrected chi connectivity index (χ4v) is 3.83. The second-order valence-corrected chi connectivity index (χ2v) is 6.66. The van der Waals surface area contributed by atoms with Crippen LogP contribution in [0.25, 0.3) is 0 Å². The third kappa shape index (κ3) is 9.37. The Kier molecular flexibility index (Phi) is 7.03. The second kappa shape index (κ2) is 6.10. The zero-order chi connectivity index (χ0) is 7.28. The van der Waals surface area contributed by atoms with E-state index in [1.54, 1.807) is 0 Å². The van der Waals surface area contributed by atoms with Gasteiger partial charge in [-0.25, -0.2) is 0 Å². The van der Waals surface area contributed by atoms with Gasteiger partial charge in [0, 0.05) is 0 Å². The van der Waals surface area contributed by atoms with Crippen LogP contribution in [0.4, 0.5) is 0 Å². The minimum absolute atomic E-state index is 0.123. The number of hydrogen-bond acceptors (Lipinski definition) is 0. The van der Waals surface area contributed by atoms with E-state index in [2.05, 4.69) is 0 Å². The Morgan fingerprint density at radius 3 is 1.67 bits per heavy atom. The molecule has 0 aromatic carbocycles. The van der Waals surface area contributed by atoms with Crippen LogP contribution in [-0.2, 0) is 0 Å². The van der Waals surface area contributed by atoms with Crippen LogP contribution in [0.15, 0.2) is 0 Å². The molecule has 0 fully saturated rings. The average Bonchev–Trinajstić information content (AvgIpc) is 1.63. The number of halogens is 2. The molecule has 2 atom stereocenters. The molecule has 9 heavy (non-hydrogen) atoms. The fraction of sp³-hybridized carbons (Fsp3) is 1.00. The van der Waals surface area contributed by atoms with E-state index >= 15 is 0 Å². The molecule has 0 N–H and O–H groups in total. The van der Waals surface area contributed by atoms with Crippen molar-refractivity contribution >= 4 is 44.1 Å². The molecular formula is C6H12Cl2Te. The SMILES string of the molecule is CC(Cl)C[Te]CC(C)Cl. The van der Waals surface area contributed by atoms with Crippen molar-refractivity contribution in [3.8, 4) is 0 Å².